The molecule has 4 rings (SSSR count). The molecule has 1 aromatic carbocycles. The summed E-state index contributed by atoms with van der Waals surface area (Å²) in [5.41, 5.74) is 1.11. The second-order valence-electron chi connectivity index (χ2n) is 5.17. The second-order valence-corrected chi connectivity index (χ2v) is 7.20. The predicted octanol–water partition coefficient (Wildman–Crippen LogP) is 5.13. The van der Waals surface area contributed by atoms with Gasteiger partial charge in [0.15, 0.2) is 0 Å². The van der Waals surface area contributed by atoms with Crippen LogP contribution in [0.25, 0.3) is 20.5 Å². The maximum Gasteiger partial charge on any atom is 0.257 e. The van der Waals surface area contributed by atoms with E-state index in [0.29, 0.717) is 18.2 Å². The van der Waals surface area contributed by atoms with Crippen molar-refractivity contribution < 1.29 is 9.15 Å². The predicted molar refractivity (Wildman–Crippen MR) is 96.7 cm³/mol. The first-order chi connectivity index (χ1) is 11.8. The Morgan fingerprint density at radius 3 is 2.54 bits per heavy atom. The summed E-state index contributed by atoms with van der Waals surface area (Å²) in [7, 11) is 1.66. The highest BCUT2D eigenvalue weighted by Gasteiger charge is 2.12. The Morgan fingerprint density at radius 1 is 0.958 bits per heavy atom. The van der Waals surface area contributed by atoms with Crippen LogP contribution >= 0.6 is 22.7 Å². The van der Waals surface area contributed by atoms with Crippen LogP contribution in [0, 0.1) is 0 Å². The van der Waals surface area contributed by atoms with E-state index in [4.69, 9.17) is 9.15 Å². The average molecular weight is 354 g/mol. The number of ether oxygens (including phenoxy) is 1. The number of nitrogens with zero attached hydrogens (tertiary/aromatic N) is 2. The lowest BCUT2D eigenvalue weighted by atomic mass is 10.1. The molecular weight excluding hydrogens is 340 g/mol. The average Bonchev–Trinajstić information content (AvgIpc) is 3.36. The van der Waals surface area contributed by atoms with E-state index in [9.17, 15) is 0 Å². The number of methoxy groups -OCH3 is 1. The van der Waals surface area contributed by atoms with Crippen LogP contribution in [-0.2, 0) is 6.42 Å². The van der Waals surface area contributed by atoms with Gasteiger partial charge in [0.05, 0.1) is 18.4 Å². The van der Waals surface area contributed by atoms with Crippen molar-refractivity contribution in [2.45, 2.75) is 6.42 Å². The van der Waals surface area contributed by atoms with Gasteiger partial charge in [-0.3, -0.25) is 0 Å². The number of hydrogen-bond donors (Lipinski definition) is 0. The molecule has 0 aliphatic heterocycles. The molecule has 0 spiro atoms. The van der Waals surface area contributed by atoms with Crippen molar-refractivity contribution in [3.63, 3.8) is 0 Å². The van der Waals surface area contributed by atoms with Gasteiger partial charge in [0.1, 0.15) is 5.75 Å². The number of aromatic nitrogens is 2. The van der Waals surface area contributed by atoms with Crippen LogP contribution in [0.3, 0.4) is 0 Å². The number of benzene rings is 1. The molecule has 0 saturated heterocycles. The Kier molecular flexibility index (Phi) is 4.15. The number of rotatable bonds is 5. The van der Waals surface area contributed by atoms with Crippen molar-refractivity contribution in [3.8, 4) is 26.3 Å². The van der Waals surface area contributed by atoms with E-state index in [1.165, 1.54) is 9.75 Å². The summed E-state index contributed by atoms with van der Waals surface area (Å²) < 4.78 is 11.0. The normalized spacial score (nSPS) is 10.9. The molecule has 0 saturated carbocycles. The first kappa shape index (κ1) is 15.1. The van der Waals surface area contributed by atoms with Crippen molar-refractivity contribution in [2.75, 3.05) is 7.11 Å². The zero-order valence-corrected chi connectivity index (χ0v) is 14.6. The third-order valence-corrected chi connectivity index (χ3v) is 5.70. The molecule has 4 nitrogen and oxygen atoms in total. The fraction of sp³-hybridized carbons (Fsp3) is 0.111. The quantitative estimate of drug-likeness (QED) is 0.499. The van der Waals surface area contributed by atoms with E-state index in [2.05, 4.69) is 33.8 Å². The van der Waals surface area contributed by atoms with Gasteiger partial charge < -0.3 is 9.15 Å². The summed E-state index contributed by atoms with van der Waals surface area (Å²) in [6.45, 7) is 0. The maximum absolute atomic E-state index is 5.82. The fourth-order valence-electron chi connectivity index (χ4n) is 2.35. The molecule has 0 bridgehead atoms. The summed E-state index contributed by atoms with van der Waals surface area (Å²) in [6.07, 6.45) is 0.611. The molecule has 0 aliphatic carbocycles. The fourth-order valence-corrected chi connectivity index (χ4v) is 4.11. The van der Waals surface area contributed by atoms with Crippen molar-refractivity contribution >= 4 is 22.7 Å². The van der Waals surface area contributed by atoms with Gasteiger partial charge in [-0.15, -0.1) is 32.9 Å². The van der Waals surface area contributed by atoms with E-state index in [0.717, 1.165) is 16.2 Å². The van der Waals surface area contributed by atoms with Gasteiger partial charge in [0, 0.05) is 9.75 Å². The monoisotopic (exact) mass is 354 g/mol. The van der Waals surface area contributed by atoms with Crippen LogP contribution in [0.5, 0.6) is 5.75 Å². The molecule has 0 unspecified atom stereocenters. The van der Waals surface area contributed by atoms with Crippen LogP contribution in [0.2, 0.25) is 0 Å². The smallest absolute Gasteiger partial charge is 0.257 e. The minimum atomic E-state index is 0.575. The minimum Gasteiger partial charge on any atom is -0.497 e. The Bertz CT molecular complexity index is 924. The highest BCUT2D eigenvalue weighted by Crippen LogP contribution is 2.36. The molecule has 24 heavy (non-hydrogen) atoms. The molecule has 4 aromatic rings. The standard InChI is InChI=1S/C18H14N2O2S2/c1-21-13-6-4-12(5-7-13)11-17-19-20-18(22-17)16-9-8-15(24-16)14-3-2-10-23-14/h2-10H,11H2,1H3. The van der Waals surface area contributed by atoms with Gasteiger partial charge in [-0.2, -0.15) is 0 Å². The third kappa shape index (κ3) is 3.11. The minimum absolute atomic E-state index is 0.575. The highest BCUT2D eigenvalue weighted by atomic mass is 32.1. The largest absolute Gasteiger partial charge is 0.497 e. The molecule has 0 N–H and O–H groups in total. The zero-order chi connectivity index (χ0) is 16.4. The van der Waals surface area contributed by atoms with Crippen molar-refractivity contribution in [3.05, 3.63) is 65.4 Å². The van der Waals surface area contributed by atoms with Crippen molar-refractivity contribution in [1.82, 2.24) is 10.2 Å². The first-order valence-corrected chi connectivity index (χ1v) is 9.11. The summed E-state index contributed by atoms with van der Waals surface area (Å²) in [4.78, 5) is 3.46. The molecule has 3 heterocycles. The van der Waals surface area contributed by atoms with Gasteiger partial charge in [-0.05, 0) is 41.3 Å². The lowest BCUT2D eigenvalue weighted by molar-refractivity contribution is 0.414. The van der Waals surface area contributed by atoms with Crippen LogP contribution < -0.4 is 4.74 Å². The van der Waals surface area contributed by atoms with E-state index in [-0.39, 0.29) is 0 Å². The molecule has 120 valence electrons. The van der Waals surface area contributed by atoms with Crippen molar-refractivity contribution in [2.24, 2.45) is 0 Å². The highest BCUT2D eigenvalue weighted by molar-refractivity contribution is 7.23. The van der Waals surface area contributed by atoms with Gasteiger partial charge in [-0.1, -0.05) is 18.2 Å². The van der Waals surface area contributed by atoms with Gasteiger partial charge >= 0.3 is 0 Å². The number of thiophene rings is 2. The Balaban J connectivity index is 1.52. The van der Waals surface area contributed by atoms with Crippen LogP contribution in [0.1, 0.15) is 11.5 Å². The zero-order valence-electron chi connectivity index (χ0n) is 12.9. The molecule has 0 atom stereocenters. The lowest BCUT2D eigenvalue weighted by Crippen LogP contribution is -1.89. The third-order valence-electron chi connectivity index (χ3n) is 3.56. The Morgan fingerprint density at radius 2 is 1.79 bits per heavy atom. The second kappa shape index (κ2) is 6.59. The first-order valence-electron chi connectivity index (χ1n) is 7.41. The molecule has 0 amide bonds. The van der Waals surface area contributed by atoms with Crippen molar-refractivity contribution in [1.29, 1.82) is 0 Å². The van der Waals surface area contributed by atoms with Gasteiger partial charge in [0.25, 0.3) is 5.89 Å². The Hall–Kier alpha value is -2.44. The Labute approximate surface area is 147 Å². The summed E-state index contributed by atoms with van der Waals surface area (Å²) in [6, 6.07) is 16.2. The van der Waals surface area contributed by atoms with Crippen LogP contribution in [-0.4, -0.2) is 17.3 Å². The maximum atomic E-state index is 5.82. The molecule has 0 radical (unpaired) electrons. The van der Waals surface area contributed by atoms with Crippen LogP contribution in [0.15, 0.2) is 58.3 Å². The topological polar surface area (TPSA) is 48.2 Å². The molecule has 6 heteroatoms. The summed E-state index contributed by atoms with van der Waals surface area (Å²) >= 11 is 3.39. The van der Waals surface area contributed by atoms with E-state index in [1.54, 1.807) is 29.8 Å². The lowest BCUT2D eigenvalue weighted by Gasteiger charge is -2.00. The molecule has 3 aromatic heterocycles. The van der Waals surface area contributed by atoms with E-state index < -0.39 is 0 Å². The number of hydrogen-bond acceptors (Lipinski definition) is 6. The summed E-state index contributed by atoms with van der Waals surface area (Å²) in [5.74, 6) is 2.03. The molecular formula is C18H14N2O2S2. The molecule has 0 fully saturated rings. The summed E-state index contributed by atoms with van der Waals surface area (Å²) in [5, 5.41) is 10.4. The molecule has 0 aliphatic rings. The SMILES string of the molecule is COc1ccc(Cc2nnc(-c3ccc(-c4cccs4)s3)o2)cc1. The van der Waals surface area contributed by atoms with Crippen LogP contribution in [0.4, 0.5) is 0 Å². The van der Waals surface area contributed by atoms with E-state index in [1.807, 2.05) is 30.3 Å². The van der Waals surface area contributed by atoms with Gasteiger partial charge in [0.2, 0.25) is 5.89 Å². The van der Waals surface area contributed by atoms with E-state index >= 15 is 0 Å². The van der Waals surface area contributed by atoms with Gasteiger partial charge in [-0.25, -0.2) is 0 Å².